The molecule has 28 heavy (non-hydrogen) atoms. The Morgan fingerprint density at radius 1 is 1.21 bits per heavy atom. The number of hydrogen-bond acceptors (Lipinski definition) is 4. The van der Waals surface area contributed by atoms with Crippen LogP contribution in [0, 0.1) is 0 Å². The topological polar surface area (TPSA) is 82.1 Å². The summed E-state index contributed by atoms with van der Waals surface area (Å²) in [6.45, 7) is 0.941. The quantitative estimate of drug-likeness (QED) is 0.625. The molecule has 3 aromatic rings. The molecule has 0 atom stereocenters. The Bertz CT molecular complexity index is 1140. The van der Waals surface area contributed by atoms with Gasteiger partial charge in [0.05, 0.1) is 6.33 Å². The van der Waals surface area contributed by atoms with Crippen molar-refractivity contribution in [3.8, 4) is 0 Å². The fourth-order valence-electron chi connectivity index (χ4n) is 3.16. The van der Waals surface area contributed by atoms with Gasteiger partial charge in [-0.3, -0.25) is 18.7 Å². The molecule has 0 unspecified atom stereocenters. The van der Waals surface area contributed by atoms with Crippen LogP contribution in [0.5, 0.6) is 0 Å². The van der Waals surface area contributed by atoms with Crippen LogP contribution >= 0.6 is 11.6 Å². The van der Waals surface area contributed by atoms with Gasteiger partial charge in [0.1, 0.15) is 0 Å². The highest BCUT2D eigenvalue weighted by molar-refractivity contribution is 6.30. The van der Waals surface area contributed by atoms with Crippen LogP contribution in [0.4, 0.5) is 0 Å². The van der Waals surface area contributed by atoms with Crippen LogP contribution in [-0.2, 0) is 32.0 Å². The number of imidazole rings is 1. The number of rotatable bonds is 6. The van der Waals surface area contributed by atoms with Gasteiger partial charge < -0.3 is 9.47 Å². The van der Waals surface area contributed by atoms with Crippen molar-refractivity contribution in [2.24, 2.45) is 14.1 Å². The third-order valence-corrected chi connectivity index (χ3v) is 4.98. The van der Waals surface area contributed by atoms with E-state index in [2.05, 4.69) is 4.98 Å². The predicted octanol–water partition coefficient (Wildman–Crippen LogP) is 1.53. The standard InChI is InChI=1S/C19H22ClN5O3/c1-22(11-13-6-4-7-14(20)10-13)15(26)8-5-9-25-12-21-17-16(25)18(27)24(3)19(28)23(17)2/h4,6-7,10,12H,5,8-9,11H2,1-3H3. The molecule has 0 radical (unpaired) electrons. The molecular formula is C19H22ClN5O3. The largest absolute Gasteiger partial charge is 0.341 e. The molecule has 0 saturated heterocycles. The molecule has 0 aliphatic rings. The number of nitrogens with zero attached hydrogens (tertiary/aromatic N) is 5. The summed E-state index contributed by atoms with van der Waals surface area (Å²) in [4.78, 5) is 42.6. The molecule has 148 valence electrons. The number of aryl methyl sites for hydroxylation is 2. The van der Waals surface area contributed by atoms with Crippen molar-refractivity contribution in [2.45, 2.75) is 25.9 Å². The Balaban J connectivity index is 1.66. The second kappa shape index (κ2) is 8.02. The summed E-state index contributed by atoms with van der Waals surface area (Å²) in [6, 6.07) is 7.41. The van der Waals surface area contributed by atoms with E-state index in [4.69, 9.17) is 11.6 Å². The molecule has 1 aromatic carbocycles. The van der Waals surface area contributed by atoms with Crippen molar-refractivity contribution in [2.75, 3.05) is 7.05 Å². The average Bonchev–Trinajstić information content (AvgIpc) is 3.08. The summed E-state index contributed by atoms with van der Waals surface area (Å²) in [6.07, 6.45) is 2.42. The number of hydrogen-bond donors (Lipinski definition) is 0. The highest BCUT2D eigenvalue weighted by Crippen LogP contribution is 2.13. The monoisotopic (exact) mass is 403 g/mol. The minimum atomic E-state index is -0.416. The lowest BCUT2D eigenvalue weighted by molar-refractivity contribution is -0.130. The van der Waals surface area contributed by atoms with E-state index in [0.29, 0.717) is 42.1 Å². The van der Waals surface area contributed by atoms with Gasteiger partial charge in [-0.25, -0.2) is 9.78 Å². The summed E-state index contributed by atoms with van der Waals surface area (Å²) in [5.41, 5.74) is 0.871. The fourth-order valence-corrected chi connectivity index (χ4v) is 3.37. The first kappa shape index (κ1) is 19.9. The predicted molar refractivity (Wildman–Crippen MR) is 107 cm³/mol. The summed E-state index contributed by atoms with van der Waals surface area (Å²) in [5, 5.41) is 0.640. The van der Waals surface area contributed by atoms with Gasteiger partial charge in [-0.15, -0.1) is 0 Å². The average molecular weight is 404 g/mol. The summed E-state index contributed by atoms with van der Waals surface area (Å²) >= 11 is 5.98. The number of benzene rings is 1. The van der Waals surface area contributed by atoms with Crippen molar-refractivity contribution < 1.29 is 4.79 Å². The Hall–Kier alpha value is -2.87. The molecule has 0 saturated carbocycles. The van der Waals surface area contributed by atoms with E-state index in [-0.39, 0.29) is 11.5 Å². The van der Waals surface area contributed by atoms with Crippen LogP contribution in [0.3, 0.4) is 0 Å². The van der Waals surface area contributed by atoms with Gasteiger partial charge in [-0.05, 0) is 24.1 Å². The third-order valence-electron chi connectivity index (χ3n) is 4.74. The summed E-state index contributed by atoms with van der Waals surface area (Å²) < 4.78 is 4.10. The highest BCUT2D eigenvalue weighted by atomic mass is 35.5. The van der Waals surface area contributed by atoms with Crippen molar-refractivity contribution in [1.82, 2.24) is 23.6 Å². The van der Waals surface area contributed by atoms with Crippen LogP contribution in [0.1, 0.15) is 18.4 Å². The number of fused-ring (bicyclic) bond motifs is 1. The van der Waals surface area contributed by atoms with Crippen molar-refractivity contribution in [1.29, 1.82) is 0 Å². The molecule has 0 bridgehead atoms. The molecular weight excluding hydrogens is 382 g/mol. The van der Waals surface area contributed by atoms with E-state index in [1.165, 1.54) is 17.9 Å². The van der Waals surface area contributed by atoms with Crippen LogP contribution < -0.4 is 11.2 Å². The first-order chi connectivity index (χ1) is 13.3. The minimum absolute atomic E-state index is 0.00435. The smallest absolute Gasteiger partial charge is 0.332 e. The van der Waals surface area contributed by atoms with Crippen LogP contribution in [0.25, 0.3) is 11.2 Å². The van der Waals surface area contributed by atoms with E-state index >= 15 is 0 Å². The maximum atomic E-state index is 12.4. The van der Waals surface area contributed by atoms with Crippen molar-refractivity contribution in [3.05, 3.63) is 62.0 Å². The molecule has 2 heterocycles. The Kier molecular flexibility index (Phi) is 5.69. The maximum Gasteiger partial charge on any atom is 0.332 e. The molecule has 0 aliphatic carbocycles. The van der Waals surface area contributed by atoms with Gasteiger partial charge in [0.2, 0.25) is 5.91 Å². The molecule has 3 rings (SSSR count). The van der Waals surface area contributed by atoms with Crippen molar-refractivity contribution in [3.63, 3.8) is 0 Å². The molecule has 0 fully saturated rings. The molecule has 0 N–H and O–H groups in total. The van der Waals surface area contributed by atoms with E-state index in [1.54, 1.807) is 29.6 Å². The number of amides is 1. The van der Waals surface area contributed by atoms with E-state index in [0.717, 1.165) is 10.1 Å². The van der Waals surface area contributed by atoms with Gasteiger partial charge in [-0.2, -0.15) is 0 Å². The Morgan fingerprint density at radius 3 is 2.68 bits per heavy atom. The normalized spacial score (nSPS) is 11.1. The zero-order valence-electron chi connectivity index (χ0n) is 16.1. The maximum absolute atomic E-state index is 12.4. The van der Waals surface area contributed by atoms with Gasteiger partial charge in [-0.1, -0.05) is 23.7 Å². The Labute approximate surface area is 166 Å². The highest BCUT2D eigenvalue weighted by Gasteiger charge is 2.15. The van der Waals surface area contributed by atoms with Gasteiger partial charge >= 0.3 is 5.69 Å². The summed E-state index contributed by atoms with van der Waals surface area (Å²) in [5.74, 6) is 0.00435. The number of carbonyl (C=O) groups excluding carboxylic acids is 1. The lowest BCUT2D eigenvalue weighted by atomic mass is 10.2. The van der Waals surface area contributed by atoms with Crippen LogP contribution in [-0.4, -0.2) is 36.5 Å². The van der Waals surface area contributed by atoms with Crippen molar-refractivity contribution >= 4 is 28.7 Å². The Morgan fingerprint density at radius 2 is 1.96 bits per heavy atom. The van der Waals surface area contributed by atoms with E-state index < -0.39 is 5.69 Å². The molecule has 8 nitrogen and oxygen atoms in total. The molecule has 9 heteroatoms. The molecule has 2 aromatic heterocycles. The van der Waals surface area contributed by atoms with E-state index in [9.17, 15) is 14.4 Å². The second-order valence-electron chi connectivity index (χ2n) is 6.80. The lowest BCUT2D eigenvalue weighted by Gasteiger charge is -2.17. The summed E-state index contributed by atoms with van der Waals surface area (Å²) in [7, 11) is 4.77. The number of aromatic nitrogens is 4. The third kappa shape index (κ3) is 3.87. The number of carbonyl (C=O) groups is 1. The SMILES string of the molecule is CN(Cc1cccc(Cl)c1)C(=O)CCCn1cnc2c1c(=O)n(C)c(=O)n2C. The minimum Gasteiger partial charge on any atom is -0.341 e. The zero-order valence-corrected chi connectivity index (χ0v) is 16.8. The fraction of sp³-hybridized carbons (Fsp3) is 0.368. The second-order valence-corrected chi connectivity index (χ2v) is 7.24. The van der Waals surface area contributed by atoms with Crippen LogP contribution in [0.2, 0.25) is 5.02 Å². The number of halogens is 1. The van der Waals surface area contributed by atoms with Crippen LogP contribution in [0.15, 0.2) is 40.2 Å². The zero-order chi connectivity index (χ0) is 20.4. The first-order valence-electron chi connectivity index (χ1n) is 8.89. The molecule has 1 amide bonds. The van der Waals surface area contributed by atoms with Gasteiger partial charge in [0.25, 0.3) is 5.56 Å². The van der Waals surface area contributed by atoms with Gasteiger partial charge in [0, 0.05) is 45.7 Å². The van der Waals surface area contributed by atoms with Gasteiger partial charge in [0.15, 0.2) is 11.2 Å². The molecule has 0 aliphatic heterocycles. The lowest BCUT2D eigenvalue weighted by Crippen LogP contribution is -2.37. The van der Waals surface area contributed by atoms with E-state index in [1.807, 2.05) is 18.2 Å². The first-order valence-corrected chi connectivity index (χ1v) is 9.26. The molecule has 0 spiro atoms.